The second-order valence-electron chi connectivity index (χ2n) is 6.80. The van der Waals surface area contributed by atoms with Crippen molar-refractivity contribution in [3.63, 3.8) is 0 Å². The molecule has 8 heteroatoms. The van der Waals surface area contributed by atoms with Crippen molar-refractivity contribution in [3.8, 4) is 17.2 Å². The number of carbonyl (C=O) groups excluding carboxylic acids is 1. The van der Waals surface area contributed by atoms with E-state index in [4.69, 9.17) is 9.47 Å². The Bertz CT molecular complexity index is 990. The molecule has 1 aromatic heterocycles. The van der Waals surface area contributed by atoms with E-state index in [1.165, 1.54) is 0 Å². The van der Waals surface area contributed by atoms with Gasteiger partial charge in [0.05, 0.1) is 25.9 Å². The number of para-hydroxylation sites is 1. The van der Waals surface area contributed by atoms with Gasteiger partial charge in [-0.2, -0.15) is 5.10 Å². The van der Waals surface area contributed by atoms with Gasteiger partial charge < -0.3 is 19.7 Å². The molecule has 1 aliphatic rings. The second-order valence-corrected chi connectivity index (χ2v) is 6.80. The van der Waals surface area contributed by atoms with Gasteiger partial charge in [-0.25, -0.2) is 4.68 Å². The molecule has 1 atom stereocenters. The summed E-state index contributed by atoms with van der Waals surface area (Å²) in [6, 6.07) is 17.0. The van der Waals surface area contributed by atoms with Gasteiger partial charge in [0.1, 0.15) is 11.5 Å². The molecule has 3 aromatic rings. The number of hydrogen-bond donors (Lipinski definition) is 1. The van der Waals surface area contributed by atoms with Crippen molar-refractivity contribution in [3.05, 3.63) is 72.1 Å². The average Bonchev–Trinajstić information content (AvgIpc) is 3.29. The van der Waals surface area contributed by atoms with Crippen molar-refractivity contribution in [2.45, 2.75) is 6.04 Å². The lowest BCUT2D eigenvalue weighted by Crippen LogP contribution is -2.48. The number of methoxy groups -OCH3 is 2. The van der Waals surface area contributed by atoms with E-state index in [1.807, 2.05) is 53.4 Å². The van der Waals surface area contributed by atoms with Crippen LogP contribution in [-0.4, -0.2) is 54.4 Å². The Labute approximate surface area is 182 Å². The van der Waals surface area contributed by atoms with E-state index in [0.29, 0.717) is 18.8 Å². The predicted molar refractivity (Wildman–Crippen MR) is 117 cm³/mol. The van der Waals surface area contributed by atoms with Crippen LogP contribution in [0.15, 0.2) is 60.8 Å². The Morgan fingerprint density at radius 3 is 2.57 bits per heavy atom. The number of ether oxygens (including phenoxy) is 2. The maximum absolute atomic E-state index is 13.3. The zero-order valence-electron chi connectivity index (χ0n) is 16.9. The SMILES string of the molecule is COc1ccc(-n2ccc(C(=O)N3CCNCC3c3ccccc3OC)n2)cc1.Cl. The highest BCUT2D eigenvalue weighted by atomic mass is 35.5. The summed E-state index contributed by atoms with van der Waals surface area (Å²) in [5.74, 6) is 1.47. The molecule has 2 aromatic carbocycles. The first-order valence-corrected chi connectivity index (χ1v) is 9.56. The Balaban J connectivity index is 0.00000256. The van der Waals surface area contributed by atoms with Crippen LogP contribution in [0.3, 0.4) is 0 Å². The first-order valence-electron chi connectivity index (χ1n) is 9.56. The highest BCUT2D eigenvalue weighted by Gasteiger charge is 2.31. The van der Waals surface area contributed by atoms with Crippen LogP contribution < -0.4 is 14.8 Å². The molecular weight excluding hydrogens is 404 g/mol. The number of nitrogens with zero attached hydrogens (tertiary/aromatic N) is 3. The minimum Gasteiger partial charge on any atom is -0.497 e. The number of nitrogens with one attached hydrogen (secondary N) is 1. The van der Waals surface area contributed by atoms with Crippen molar-refractivity contribution >= 4 is 18.3 Å². The van der Waals surface area contributed by atoms with E-state index < -0.39 is 0 Å². The molecule has 0 aliphatic carbocycles. The van der Waals surface area contributed by atoms with Crippen LogP contribution in [0.1, 0.15) is 22.1 Å². The molecule has 0 spiro atoms. The normalized spacial score (nSPS) is 15.9. The van der Waals surface area contributed by atoms with Gasteiger partial charge in [0.25, 0.3) is 5.91 Å². The van der Waals surface area contributed by atoms with Gasteiger partial charge in [0, 0.05) is 31.4 Å². The number of rotatable bonds is 5. The van der Waals surface area contributed by atoms with E-state index in [-0.39, 0.29) is 24.4 Å². The molecule has 1 fully saturated rings. The number of benzene rings is 2. The number of carbonyl (C=O) groups is 1. The van der Waals surface area contributed by atoms with Gasteiger partial charge in [0.15, 0.2) is 5.69 Å². The molecule has 158 valence electrons. The Kier molecular flexibility index (Phi) is 6.97. The van der Waals surface area contributed by atoms with E-state index in [9.17, 15) is 4.79 Å². The summed E-state index contributed by atoms with van der Waals surface area (Å²) in [5, 5.41) is 7.89. The van der Waals surface area contributed by atoms with Gasteiger partial charge in [-0.05, 0) is 36.4 Å². The van der Waals surface area contributed by atoms with Crippen LogP contribution in [0.4, 0.5) is 0 Å². The summed E-state index contributed by atoms with van der Waals surface area (Å²) in [6.07, 6.45) is 1.80. The highest BCUT2D eigenvalue weighted by molar-refractivity contribution is 5.92. The molecule has 1 amide bonds. The van der Waals surface area contributed by atoms with Crippen LogP contribution in [0, 0.1) is 0 Å². The van der Waals surface area contributed by atoms with E-state index in [0.717, 1.165) is 29.3 Å². The standard InChI is InChI=1S/C22H24N4O3.ClH/c1-28-17-9-7-16(8-10-17)26-13-11-19(24-26)22(27)25-14-12-23-15-20(25)18-5-3-4-6-21(18)29-2;/h3-11,13,20,23H,12,14-15H2,1-2H3;1H. The molecule has 1 unspecified atom stereocenters. The fourth-order valence-corrected chi connectivity index (χ4v) is 3.63. The fourth-order valence-electron chi connectivity index (χ4n) is 3.63. The van der Waals surface area contributed by atoms with Gasteiger partial charge in [-0.3, -0.25) is 4.79 Å². The molecule has 30 heavy (non-hydrogen) atoms. The van der Waals surface area contributed by atoms with Crippen LogP contribution in [0.5, 0.6) is 11.5 Å². The van der Waals surface area contributed by atoms with Crippen LogP contribution >= 0.6 is 12.4 Å². The quantitative estimate of drug-likeness (QED) is 0.676. The minimum atomic E-state index is -0.112. The topological polar surface area (TPSA) is 68.6 Å². The van der Waals surface area contributed by atoms with Crippen molar-refractivity contribution in [2.75, 3.05) is 33.9 Å². The minimum absolute atomic E-state index is 0. The van der Waals surface area contributed by atoms with Gasteiger partial charge in [0.2, 0.25) is 0 Å². The van der Waals surface area contributed by atoms with Crippen LogP contribution in [-0.2, 0) is 0 Å². The van der Waals surface area contributed by atoms with Gasteiger partial charge >= 0.3 is 0 Å². The molecular formula is C22H25ClN4O3. The third-order valence-electron chi connectivity index (χ3n) is 5.15. The summed E-state index contributed by atoms with van der Waals surface area (Å²) in [7, 11) is 3.28. The number of hydrogen-bond acceptors (Lipinski definition) is 5. The first-order chi connectivity index (χ1) is 14.2. The average molecular weight is 429 g/mol. The third kappa shape index (κ3) is 4.27. The predicted octanol–water partition coefficient (Wildman–Crippen LogP) is 3.10. The zero-order valence-corrected chi connectivity index (χ0v) is 17.8. The molecule has 0 radical (unpaired) electrons. The number of amides is 1. The van der Waals surface area contributed by atoms with Crippen LogP contribution in [0.2, 0.25) is 0 Å². The number of halogens is 1. The second kappa shape index (κ2) is 9.65. The molecule has 1 aliphatic heterocycles. The maximum atomic E-state index is 13.3. The largest absolute Gasteiger partial charge is 0.497 e. The monoisotopic (exact) mass is 428 g/mol. The molecule has 1 N–H and O–H groups in total. The van der Waals surface area contributed by atoms with Crippen molar-refractivity contribution in [1.29, 1.82) is 0 Å². The summed E-state index contributed by atoms with van der Waals surface area (Å²) >= 11 is 0. The van der Waals surface area contributed by atoms with Crippen LogP contribution in [0.25, 0.3) is 5.69 Å². The molecule has 4 rings (SSSR count). The maximum Gasteiger partial charge on any atom is 0.274 e. The summed E-state index contributed by atoms with van der Waals surface area (Å²) in [6.45, 7) is 2.03. The van der Waals surface area contributed by atoms with E-state index in [2.05, 4.69) is 10.4 Å². The lowest BCUT2D eigenvalue weighted by molar-refractivity contribution is 0.0625. The lowest BCUT2D eigenvalue weighted by atomic mass is 10.0. The van der Waals surface area contributed by atoms with Crippen molar-refractivity contribution in [2.24, 2.45) is 0 Å². The van der Waals surface area contributed by atoms with Crippen molar-refractivity contribution < 1.29 is 14.3 Å². The lowest BCUT2D eigenvalue weighted by Gasteiger charge is -2.36. The Hall–Kier alpha value is -3.03. The summed E-state index contributed by atoms with van der Waals surface area (Å²) in [5.41, 5.74) is 2.28. The van der Waals surface area contributed by atoms with Gasteiger partial charge in [-0.15, -0.1) is 12.4 Å². The summed E-state index contributed by atoms with van der Waals surface area (Å²) < 4.78 is 12.4. The van der Waals surface area contributed by atoms with Gasteiger partial charge in [-0.1, -0.05) is 18.2 Å². The Morgan fingerprint density at radius 2 is 1.83 bits per heavy atom. The molecule has 0 bridgehead atoms. The molecule has 7 nitrogen and oxygen atoms in total. The first kappa shape index (κ1) is 21.7. The Morgan fingerprint density at radius 1 is 1.07 bits per heavy atom. The third-order valence-corrected chi connectivity index (χ3v) is 5.15. The summed E-state index contributed by atoms with van der Waals surface area (Å²) in [4.78, 5) is 15.2. The number of piperazine rings is 1. The fraction of sp³-hybridized carbons (Fsp3) is 0.273. The zero-order chi connectivity index (χ0) is 20.2. The molecule has 1 saturated heterocycles. The highest BCUT2D eigenvalue weighted by Crippen LogP contribution is 2.31. The smallest absolute Gasteiger partial charge is 0.274 e. The van der Waals surface area contributed by atoms with Crippen molar-refractivity contribution in [1.82, 2.24) is 20.0 Å². The molecule has 0 saturated carbocycles. The molecule has 2 heterocycles. The van der Waals surface area contributed by atoms with E-state index in [1.54, 1.807) is 31.2 Å². The number of aromatic nitrogens is 2. The van der Waals surface area contributed by atoms with E-state index >= 15 is 0 Å².